The maximum absolute atomic E-state index is 12.2. The Morgan fingerprint density at radius 1 is 0.844 bits per heavy atom. The highest BCUT2D eigenvalue weighted by Gasteiger charge is 2.14. The molecule has 0 saturated carbocycles. The summed E-state index contributed by atoms with van der Waals surface area (Å²) in [5.41, 5.74) is 1.38. The Bertz CT molecular complexity index is 866. The number of methoxy groups -OCH3 is 1. The van der Waals surface area contributed by atoms with Gasteiger partial charge in [0, 0.05) is 25.3 Å². The van der Waals surface area contributed by atoms with Crippen molar-refractivity contribution in [2.24, 2.45) is 0 Å². The molecule has 0 aliphatic carbocycles. The van der Waals surface area contributed by atoms with Crippen LogP contribution in [0.2, 0.25) is 0 Å². The molecule has 0 spiro atoms. The third-order valence-electron chi connectivity index (χ3n) is 4.43. The van der Waals surface area contributed by atoms with Crippen LogP contribution in [0.15, 0.2) is 36.4 Å². The molecule has 174 valence electrons. The molecule has 32 heavy (non-hydrogen) atoms. The van der Waals surface area contributed by atoms with E-state index in [2.05, 4.69) is 22.3 Å². The van der Waals surface area contributed by atoms with E-state index in [4.69, 9.17) is 9.47 Å². The Morgan fingerprint density at radius 3 is 2.22 bits per heavy atom. The van der Waals surface area contributed by atoms with E-state index in [1.807, 2.05) is 0 Å². The van der Waals surface area contributed by atoms with Crippen molar-refractivity contribution in [1.29, 1.82) is 0 Å². The van der Waals surface area contributed by atoms with E-state index in [1.165, 1.54) is 7.11 Å². The Hall–Kier alpha value is -2.75. The van der Waals surface area contributed by atoms with E-state index in [9.17, 15) is 14.4 Å². The number of carbonyl (C=O) groups is 3. The summed E-state index contributed by atoms with van der Waals surface area (Å²) in [6, 6.07) is 10.1. The SMILES string of the molecule is CCCCOCCOCCNC(=O)c1ccc(CNC(=O)c2ccc(C(=O)OC)s2)cc1. The number of nitrogens with one attached hydrogen (secondary N) is 2. The van der Waals surface area contributed by atoms with Gasteiger partial charge >= 0.3 is 5.97 Å². The summed E-state index contributed by atoms with van der Waals surface area (Å²) in [6.07, 6.45) is 2.16. The molecule has 0 fully saturated rings. The van der Waals surface area contributed by atoms with Crippen LogP contribution in [0.4, 0.5) is 0 Å². The highest BCUT2D eigenvalue weighted by Crippen LogP contribution is 2.17. The van der Waals surface area contributed by atoms with Crippen LogP contribution in [-0.2, 0) is 20.8 Å². The fourth-order valence-electron chi connectivity index (χ4n) is 2.62. The van der Waals surface area contributed by atoms with E-state index in [0.717, 1.165) is 36.3 Å². The molecule has 0 radical (unpaired) electrons. The standard InChI is InChI=1S/C23H30N2O6S/c1-3-4-12-30-14-15-31-13-11-24-21(26)18-7-5-17(6-8-18)16-25-22(27)19-9-10-20(32-19)23(28)29-2/h5-10H,3-4,11-16H2,1-2H3,(H,24,26)(H,25,27). The summed E-state index contributed by atoms with van der Waals surface area (Å²) in [5, 5.41) is 5.60. The van der Waals surface area contributed by atoms with Gasteiger partial charge in [-0.2, -0.15) is 0 Å². The van der Waals surface area contributed by atoms with Crippen LogP contribution < -0.4 is 10.6 Å². The van der Waals surface area contributed by atoms with E-state index in [1.54, 1.807) is 36.4 Å². The summed E-state index contributed by atoms with van der Waals surface area (Å²) in [4.78, 5) is 36.7. The number of esters is 1. The smallest absolute Gasteiger partial charge is 0.348 e. The number of unbranched alkanes of at least 4 members (excludes halogenated alkanes) is 1. The number of hydrogen-bond acceptors (Lipinski definition) is 7. The van der Waals surface area contributed by atoms with E-state index < -0.39 is 5.97 Å². The lowest BCUT2D eigenvalue weighted by Gasteiger charge is -2.08. The fraction of sp³-hybridized carbons (Fsp3) is 0.435. The lowest BCUT2D eigenvalue weighted by Crippen LogP contribution is -2.27. The zero-order valence-electron chi connectivity index (χ0n) is 18.5. The largest absolute Gasteiger partial charge is 0.465 e. The van der Waals surface area contributed by atoms with Crippen molar-refractivity contribution in [2.75, 3.05) is 40.1 Å². The number of carbonyl (C=O) groups excluding carboxylic acids is 3. The minimum atomic E-state index is -0.467. The van der Waals surface area contributed by atoms with Crippen molar-refractivity contribution in [3.8, 4) is 0 Å². The first-order valence-corrected chi connectivity index (χ1v) is 11.4. The molecule has 1 aromatic heterocycles. The number of benzene rings is 1. The third-order valence-corrected chi connectivity index (χ3v) is 5.50. The first kappa shape index (κ1) is 25.5. The number of ether oxygens (including phenoxy) is 3. The van der Waals surface area contributed by atoms with Gasteiger partial charge in [0.1, 0.15) is 4.88 Å². The summed E-state index contributed by atoms with van der Waals surface area (Å²) in [7, 11) is 1.30. The zero-order valence-corrected chi connectivity index (χ0v) is 19.3. The van der Waals surface area contributed by atoms with Gasteiger partial charge in [0.2, 0.25) is 0 Å². The molecule has 0 aliphatic heterocycles. The van der Waals surface area contributed by atoms with Crippen molar-refractivity contribution in [3.63, 3.8) is 0 Å². The van der Waals surface area contributed by atoms with Gasteiger partial charge in [0.05, 0.1) is 31.8 Å². The molecule has 9 heteroatoms. The second kappa shape index (κ2) is 14.3. The Morgan fingerprint density at radius 2 is 1.53 bits per heavy atom. The van der Waals surface area contributed by atoms with E-state index >= 15 is 0 Å². The lowest BCUT2D eigenvalue weighted by atomic mass is 10.1. The lowest BCUT2D eigenvalue weighted by molar-refractivity contribution is 0.0472. The summed E-state index contributed by atoms with van der Waals surface area (Å²) < 4.78 is 15.5. The molecule has 1 heterocycles. The van der Waals surface area contributed by atoms with Gasteiger partial charge < -0.3 is 24.8 Å². The van der Waals surface area contributed by atoms with Crippen LogP contribution in [0.5, 0.6) is 0 Å². The van der Waals surface area contributed by atoms with Gasteiger partial charge in [-0.1, -0.05) is 25.5 Å². The van der Waals surface area contributed by atoms with Crippen LogP contribution in [0.1, 0.15) is 55.0 Å². The maximum Gasteiger partial charge on any atom is 0.348 e. The normalized spacial score (nSPS) is 10.6. The number of rotatable bonds is 14. The van der Waals surface area contributed by atoms with E-state index in [0.29, 0.717) is 48.2 Å². The predicted molar refractivity (Wildman–Crippen MR) is 122 cm³/mol. The van der Waals surface area contributed by atoms with Crippen LogP contribution in [-0.4, -0.2) is 57.9 Å². The van der Waals surface area contributed by atoms with Gasteiger partial charge in [-0.3, -0.25) is 9.59 Å². The van der Waals surface area contributed by atoms with Crippen LogP contribution >= 0.6 is 11.3 Å². The molecular formula is C23H30N2O6S. The predicted octanol–water partition coefficient (Wildman–Crippen LogP) is 3.03. The molecule has 0 saturated heterocycles. The van der Waals surface area contributed by atoms with Gasteiger partial charge in [0.25, 0.3) is 11.8 Å². The van der Waals surface area contributed by atoms with Crippen LogP contribution in [0.25, 0.3) is 0 Å². The molecular weight excluding hydrogens is 432 g/mol. The minimum absolute atomic E-state index is 0.183. The summed E-state index contributed by atoms with van der Waals surface area (Å²) >= 11 is 1.08. The number of hydrogen-bond donors (Lipinski definition) is 2. The van der Waals surface area contributed by atoms with Crippen molar-refractivity contribution < 1.29 is 28.6 Å². The van der Waals surface area contributed by atoms with E-state index in [-0.39, 0.29) is 11.8 Å². The van der Waals surface area contributed by atoms with Crippen LogP contribution in [0, 0.1) is 0 Å². The average molecular weight is 463 g/mol. The minimum Gasteiger partial charge on any atom is -0.465 e. The van der Waals surface area contributed by atoms with Gasteiger partial charge in [0.15, 0.2) is 0 Å². The van der Waals surface area contributed by atoms with Crippen molar-refractivity contribution >= 4 is 29.1 Å². The molecule has 2 N–H and O–H groups in total. The Balaban J connectivity index is 1.66. The first-order valence-electron chi connectivity index (χ1n) is 10.5. The first-order chi connectivity index (χ1) is 15.5. The Kier molecular flexibility index (Phi) is 11.4. The Labute approximate surface area is 192 Å². The molecule has 2 amide bonds. The highest BCUT2D eigenvalue weighted by molar-refractivity contribution is 7.15. The number of amides is 2. The fourth-order valence-corrected chi connectivity index (χ4v) is 3.46. The molecule has 2 rings (SSSR count). The van der Waals surface area contributed by atoms with Gasteiger partial charge in [-0.15, -0.1) is 11.3 Å². The van der Waals surface area contributed by atoms with Gasteiger partial charge in [-0.05, 0) is 36.2 Å². The molecule has 0 bridgehead atoms. The molecule has 0 unspecified atom stereocenters. The van der Waals surface area contributed by atoms with Crippen LogP contribution in [0.3, 0.4) is 0 Å². The molecule has 2 aromatic rings. The quantitative estimate of drug-likeness (QED) is 0.330. The topological polar surface area (TPSA) is 103 Å². The third kappa shape index (κ3) is 8.78. The summed E-state index contributed by atoms with van der Waals surface area (Å²) in [6.45, 7) is 5.08. The molecule has 0 atom stereocenters. The van der Waals surface area contributed by atoms with Crippen molar-refractivity contribution in [2.45, 2.75) is 26.3 Å². The number of thiophene rings is 1. The molecule has 8 nitrogen and oxygen atoms in total. The second-order valence-electron chi connectivity index (χ2n) is 6.87. The second-order valence-corrected chi connectivity index (χ2v) is 7.95. The summed E-state index contributed by atoms with van der Waals surface area (Å²) in [5.74, 6) is -0.925. The highest BCUT2D eigenvalue weighted by atomic mass is 32.1. The monoisotopic (exact) mass is 462 g/mol. The van der Waals surface area contributed by atoms with Crippen molar-refractivity contribution in [3.05, 3.63) is 57.3 Å². The molecule has 1 aromatic carbocycles. The molecule has 0 aliphatic rings. The average Bonchev–Trinajstić information content (AvgIpc) is 3.31. The van der Waals surface area contributed by atoms with Gasteiger partial charge in [-0.25, -0.2) is 4.79 Å². The van der Waals surface area contributed by atoms with Crippen molar-refractivity contribution in [1.82, 2.24) is 10.6 Å². The zero-order chi connectivity index (χ0) is 23.2. The maximum atomic E-state index is 12.2.